The Kier molecular flexibility index (Phi) is 6.53. The third kappa shape index (κ3) is 4.37. The quantitative estimate of drug-likeness (QED) is 0.687. The highest BCUT2D eigenvalue weighted by Gasteiger charge is 2.52. The van der Waals surface area contributed by atoms with E-state index in [0.717, 1.165) is 23.3 Å². The molecular formula is C22H31N3O5. The number of carbonyl (C=O) groups is 3. The Bertz CT molecular complexity index is 817. The second-order valence-corrected chi connectivity index (χ2v) is 8.34. The van der Waals surface area contributed by atoms with Gasteiger partial charge in [-0.3, -0.25) is 14.5 Å². The Morgan fingerprint density at radius 3 is 2.50 bits per heavy atom. The number of amides is 4. The van der Waals surface area contributed by atoms with Crippen LogP contribution in [0.25, 0.3) is 0 Å². The Labute approximate surface area is 177 Å². The summed E-state index contributed by atoms with van der Waals surface area (Å²) in [5.41, 5.74) is 0.180. The van der Waals surface area contributed by atoms with Crippen LogP contribution in [0, 0.1) is 5.92 Å². The van der Waals surface area contributed by atoms with Gasteiger partial charge in [-0.2, -0.15) is 0 Å². The van der Waals surface area contributed by atoms with E-state index in [4.69, 9.17) is 9.47 Å². The Morgan fingerprint density at radius 1 is 1.20 bits per heavy atom. The second kappa shape index (κ2) is 8.93. The van der Waals surface area contributed by atoms with Crippen LogP contribution in [0.3, 0.4) is 0 Å². The van der Waals surface area contributed by atoms with Crippen molar-refractivity contribution in [3.63, 3.8) is 0 Å². The lowest BCUT2D eigenvalue weighted by atomic mass is 9.77. The van der Waals surface area contributed by atoms with Gasteiger partial charge in [0.2, 0.25) is 5.91 Å². The van der Waals surface area contributed by atoms with Gasteiger partial charge in [-0.1, -0.05) is 13.0 Å². The number of imide groups is 1. The van der Waals surface area contributed by atoms with Gasteiger partial charge in [0.25, 0.3) is 5.91 Å². The largest absolute Gasteiger partial charge is 0.493 e. The summed E-state index contributed by atoms with van der Waals surface area (Å²) >= 11 is 0. The number of benzene rings is 1. The standard InChI is InChI=1S/C22H31N3O5/c1-15-7-10-22(11-8-15)20(27)25(21(28)23-22)14-19(26)24(2)12-9-16-5-6-17(29-3)18(13-16)30-4/h5-6,13,15H,7-12,14H2,1-4H3,(H,23,28). The minimum atomic E-state index is -0.817. The molecule has 0 unspecified atom stereocenters. The average molecular weight is 418 g/mol. The maximum atomic E-state index is 12.9. The van der Waals surface area contributed by atoms with Gasteiger partial charge in [-0.15, -0.1) is 0 Å². The molecule has 1 aromatic rings. The fourth-order valence-corrected chi connectivity index (χ4v) is 4.13. The summed E-state index contributed by atoms with van der Waals surface area (Å²) in [4.78, 5) is 40.6. The van der Waals surface area contributed by atoms with Crippen LogP contribution in [0.5, 0.6) is 11.5 Å². The fourth-order valence-electron chi connectivity index (χ4n) is 4.13. The molecule has 0 atom stereocenters. The minimum Gasteiger partial charge on any atom is -0.493 e. The van der Waals surface area contributed by atoms with E-state index in [2.05, 4.69) is 12.2 Å². The van der Waals surface area contributed by atoms with Crippen molar-refractivity contribution in [2.75, 3.05) is 34.4 Å². The first kappa shape index (κ1) is 21.9. The third-order valence-corrected chi connectivity index (χ3v) is 6.28. The molecule has 1 aliphatic carbocycles. The van der Waals surface area contributed by atoms with Crippen molar-refractivity contribution in [3.8, 4) is 11.5 Å². The molecule has 8 heteroatoms. The molecule has 1 heterocycles. The molecule has 1 N–H and O–H groups in total. The minimum absolute atomic E-state index is 0.232. The number of urea groups is 1. The lowest BCUT2D eigenvalue weighted by Crippen LogP contribution is -2.50. The van der Waals surface area contributed by atoms with E-state index in [9.17, 15) is 14.4 Å². The van der Waals surface area contributed by atoms with Gasteiger partial charge in [-0.25, -0.2) is 4.79 Å². The maximum Gasteiger partial charge on any atom is 0.325 e. The lowest BCUT2D eigenvalue weighted by Gasteiger charge is -2.33. The molecule has 1 aromatic carbocycles. The van der Waals surface area contributed by atoms with E-state index < -0.39 is 11.6 Å². The van der Waals surface area contributed by atoms with Crippen molar-refractivity contribution in [3.05, 3.63) is 23.8 Å². The predicted molar refractivity (Wildman–Crippen MR) is 111 cm³/mol. The number of nitrogens with one attached hydrogen (secondary N) is 1. The Hall–Kier alpha value is -2.77. The Morgan fingerprint density at radius 2 is 1.87 bits per heavy atom. The highest BCUT2D eigenvalue weighted by molar-refractivity contribution is 6.09. The zero-order valence-corrected chi connectivity index (χ0v) is 18.2. The van der Waals surface area contributed by atoms with Crippen molar-refractivity contribution in [2.24, 2.45) is 5.92 Å². The number of nitrogens with zero attached hydrogens (tertiary/aromatic N) is 2. The zero-order chi connectivity index (χ0) is 21.9. The van der Waals surface area contributed by atoms with Gasteiger partial charge >= 0.3 is 6.03 Å². The molecule has 3 rings (SSSR count). The van der Waals surface area contributed by atoms with Crippen molar-refractivity contribution < 1.29 is 23.9 Å². The molecule has 1 saturated carbocycles. The molecule has 0 bridgehead atoms. The molecule has 8 nitrogen and oxygen atoms in total. The normalized spacial score (nSPS) is 23.5. The van der Waals surface area contributed by atoms with Crippen LogP contribution in [0.1, 0.15) is 38.2 Å². The second-order valence-electron chi connectivity index (χ2n) is 8.34. The Balaban J connectivity index is 1.57. The van der Waals surface area contributed by atoms with Crippen molar-refractivity contribution in [1.82, 2.24) is 15.1 Å². The molecular weight excluding hydrogens is 386 g/mol. The van der Waals surface area contributed by atoms with Crippen molar-refractivity contribution >= 4 is 17.8 Å². The van der Waals surface area contributed by atoms with Crippen LogP contribution < -0.4 is 14.8 Å². The first-order chi connectivity index (χ1) is 14.3. The number of likely N-dealkylation sites (N-methyl/N-ethyl adjacent to an activating group) is 1. The lowest BCUT2D eigenvalue weighted by molar-refractivity contribution is -0.139. The predicted octanol–water partition coefficient (Wildman–Crippen LogP) is 2.21. The summed E-state index contributed by atoms with van der Waals surface area (Å²) in [6.07, 6.45) is 3.69. The van der Waals surface area contributed by atoms with Crippen molar-refractivity contribution in [1.29, 1.82) is 0 Å². The van der Waals surface area contributed by atoms with Gasteiger partial charge in [0.15, 0.2) is 11.5 Å². The van der Waals surface area contributed by atoms with E-state index in [1.54, 1.807) is 26.2 Å². The van der Waals surface area contributed by atoms with E-state index >= 15 is 0 Å². The highest BCUT2D eigenvalue weighted by Crippen LogP contribution is 2.36. The summed E-state index contributed by atoms with van der Waals surface area (Å²) < 4.78 is 10.5. The number of hydrogen-bond acceptors (Lipinski definition) is 5. The molecule has 2 aliphatic rings. The third-order valence-electron chi connectivity index (χ3n) is 6.28. The molecule has 4 amide bonds. The summed E-state index contributed by atoms with van der Waals surface area (Å²) in [5, 5.41) is 2.86. The van der Waals surface area contributed by atoms with Crippen LogP contribution >= 0.6 is 0 Å². The van der Waals surface area contributed by atoms with Crippen LogP contribution in [-0.4, -0.2) is 67.5 Å². The molecule has 0 aromatic heterocycles. The van der Waals surface area contributed by atoms with Gasteiger partial charge in [0, 0.05) is 13.6 Å². The number of carbonyl (C=O) groups excluding carboxylic acids is 3. The topological polar surface area (TPSA) is 88.2 Å². The van der Waals surface area contributed by atoms with Crippen LogP contribution in [0.4, 0.5) is 4.79 Å². The van der Waals surface area contributed by atoms with Crippen LogP contribution in [0.15, 0.2) is 18.2 Å². The number of rotatable bonds is 7. The highest BCUT2D eigenvalue weighted by atomic mass is 16.5. The number of hydrogen-bond donors (Lipinski definition) is 1. The van der Waals surface area contributed by atoms with E-state index in [0.29, 0.717) is 43.2 Å². The number of methoxy groups -OCH3 is 2. The molecule has 1 saturated heterocycles. The van der Waals surface area contributed by atoms with Gasteiger partial charge in [0.05, 0.1) is 14.2 Å². The molecule has 2 fully saturated rings. The molecule has 0 radical (unpaired) electrons. The average Bonchev–Trinajstić information content (AvgIpc) is 2.97. The maximum absolute atomic E-state index is 12.9. The molecule has 1 aliphatic heterocycles. The smallest absolute Gasteiger partial charge is 0.325 e. The van der Waals surface area contributed by atoms with Gasteiger partial charge < -0.3 is 19.7 Å². The van der Waals surface area contributed by atoms with Crippen molar-refractivity contribution in [2.45, 2.75) is 44.6 Å². The first-order valence-electron chi connectivity index (χ1n) is 10.4. The summed E-state index contributed by atoms with van der Waals surface area (Å²) in [5.74, 6) is 1.31. The number of ether oxygens (including phenoxy) is 2. The van der Waals surface area contributed by atoms with E-state index in [-0.39, 0.29) is 18.4 Å². The van der Waals surface area contributed by atoms with Gasteiger partial charge in [-0.05, 0) is 55.7 Å². The van der Waals surface area contributed by atoms with Crippen LogP contribution in [0.2, 0.25) is 0 Å². The van der Waals surface area contributed by atoms with E-state index in [1.165, 1.54) is 0 Å². The monoisotopic (exact) mass is 417 g/mol. The fraction of sp³-hybridized carbons (Fsp3) is 0.591. The SMILES string of the molecule is COc1ccc(CCN(C)C(=O)CN2C(=O)NC3(CCC(C)CC3)C2=O)cc1OC. The zero-order valence-electron chi connectivity index (χ0n) is 18.2. The first-order valence-corrected chi connectivity index (χ1v) is 10.4. The van der Waals surface area contributed by atoms with Gasteiger partial charge in [0.1, 0.15) is 12.1 Å². The molecule has 1 spiro atoms. The summed E-state index contributed by atoms with van der Waals surface area (Å²) in [6, 6.07) is 5.16. The van der Waals surface area contributed by atoms with Crippen LogP contribution in [-0.2, 0) is 16.0 Å². The molecule has 164 valence electrons. The summed E-state index contributed by atoms with van der Waals surface area (Å²) in [6.45, 7) is 2.38. The molecule has 30 heavy (non-hydrogen) atoms. The van der Waals surface area contributed by atoms with E-state index in [1.807, 2.05) is 18.2 Å². The summed E-state index contributed by atoms with van der Waals surface area (Å²) in [7, 11) is 4.84.